The van der Waals surface area contributed by atoms with Gasteiger partial charge in [-0.2, -0.15) is 0 Å². The molecule has 0 fully saturated rings. The predicted molar refractivity (Wildman–Crippen MR) is 176 cm³/mol. The van der Waals surface area contributed by atoms with Crippen LogP contribution in [-0.2, 0) is 14.4 Å². The molecule has 8 heteroatoms. The van der Waals surface area contributed by atoms with E-state index in [-0.39, 0.29) is 50.7 Å². The van der Waals surface area contributed by atoms with E-state index in [9.17, 15) is 14.4 Å². The topological polar surface area (TPSA) is 75.7 Å². The maximum atomic E-state index is 13.9. The molecule has 0 bridgehead atoms. The van der Waals surface area contributed by atoms with Crippen LogP contribution in [0.15, 0.2) is 52.9 Å². The Labute approximate surface area is 270 Å². The van der Waals surface area contributed by atoms with Crippen LogP contribution in [0.2, 0.25) is 10.0 Å². The first-order valence-electron chi connectivity index (χ1n) is 15.4. The second kappa shape index (κ2) is 12.0. The standard InChI is InChI=1S/C36H42Cl2N2O4/c1-8-11-40-26-15-35(4,5)17-28(41)32(26)31(33-27(40)16-36(6,7)18-29(33)42)22-13-23(37)34(24(38)14-22)44-19-30(43)39-25-12-20(2)9-10-21(25)3/h9-10,12-14,31H,8,11,15-19H2,1-7H3,(H,39,43). The van der Waals surface area contributed by atoms with E-state index in [1.807, 2.05) is 32.0 Å². The van der Waals surface area contributed by atoms with Crippen LogP contribution in [-0.4, -0.2) is 35.5 Å². The van der Waals surface area contributed by atoms with Gasteiger partial charge in [0.05, 0.1) is 10.0 Å². The monoisotopic (exact) mass is 636 g/mol. The molecule has 2 aromatic rings. The fourth-order valence-electron chi connectivity index (χ4n) is 6.95. The Morgan fingerprint density at radius 2 is 1.45 bits per heavy atom. The molecule has 0 unspecified atom stereocenters. The number of nitrogens with one attached hydrogen (secondary N) is 1. The van der Waals surface area contributed by atoms with E-state index in [4.69, 9.17) is 27.9 Å². The Balaban J connectivity index is 1.53. The van der Waals surface area contributed by atoms with Gasteiger partial charge < -0.3 is 15.0 Å². The lowest BCUT2D eigenvalue weighted by Gasteiger charge is -2.49. The van der Waals surface area contributed by atoms with E-state index in [0.717, 1.165) is 54.0 Å². The largest absolute Gasteiger partial charge is 0.481 e. The zero-order valence-electron chi connectivity index (χ0n) is 26.7. The van der Waals surface area contributed by atoms with Crippen molar-refractivity contribution in [3.63, 3.8) is 0 Å². The van der Waals surface area contributed by atoms with Crippen LogP contribution in [0.1, 0.15) is 89.3 Å². The van der Waals surface area contributed by atoms with Gasteiger partial charge in [-0.1, -0.05) is 70.0 Å². The number of carbonyl (C=O) groups excluding carboxylic acids is 3. The van der Waals surface area contributed by atoms with Crippen molar-refractivity contribution in [3.05, 3.63) is 79.6 Å². The summed E-state index contributed by atoms with van der Waals surface area (Å²) in [5, 5.41) is 3.32. The van der Waals surface area contributed by atoms with Crippen molar-refractivity contribution in [2.75, 3.05) is 18.5 Å². The number of halogens is 2. The molecular formula is C36H42Cl2N2O4. The molecule has 234 valence electrons. The molecule has 0 aromatic heterocycles. The molecule has 0 saturated heterocycles. The maximum absolute atomic E-state index is 13.9. The third-order valence-corrected chi connectivity index (χ3v) is 9.40. The lowest BCUT2D eigenvalue weighted by Crippen LogP contribution is -2.44. The molecular weight excluding hydrogens is 595 g/mol. The van der Waals surface area contributed by atoms with Crippen LogP contribution >= 0.6 is 23.2 Å². The van der Waals surface area contributed by atoms with Crippen molar-refractivity contribution < 1.29 is 19.1 Å². The molecule has 44 heavy (non-hydrogen) atoms. The number of rotatable bonds is 7. The number of carbonyl (C=O) groups is 3. The van der Waals surface area contributed by atoms with Crippen molar-refractivity contribution in [1.29, 1.82) is 0 Å². The number of hydrogen-bond donors (Lipinski definition) is 1. The number of aryl methyl sites for hydroxylation is 2. The van der Waals surface area contributed by atoms with Gasteiger partial charge in [-0.25, -0.2) is 0 Å². The van der Waals surface area contributed by atoms with Crippen LogP contribution < -0.4 is 10.1 Å². The Bertz CT molecular complexity index is 1540. The summed E-state index contributed by atoms with van der Waals surface area (Å²) in [6.45, 7) is 15.0. The summed E-state index contributed by atoms with van der Waals surface area (Å²) in [6.07, 6.45) is 3.19. The fraction of sp³-hybridized carbons (Fsp3) is 0.472. The maximum Gasteiger partial charge on any atom is 0.262 e. The van der Waals surface area contributed by atoms with Crippen LogP contribution in [0.3, 0.4) is 0 Å². The minimum Gasteiger partial charge on any atom is -0.481 e. The van der Waals surface area contributed by atoms with Crippen molar-refractivity contribution in [2.45, 2.75) is 86.5 Å². The Hall–Kier alpha value is -3.09. The average Bonchev–Trinajstić information content (AvgIpc) is 2.89. The summed E-state index contributed by atoms with van der Waals surface area (Å²) < 4.78 is 5.83. The zero-order valence-corrected chi connectivity index (χ0v) is 28.3. The van der Waals surface area contributed by atoms with Crippen molar-refractivity contribution in [2.24, 2.45) is 10.8 Å². The van der Waals surface area contributed by atoms with E-state index in [1.54, 1.807) is 12.1 Å². The molecule has 1 heterocycles. The van der Waals surface area contributed by atoms with Gasteiger partial charge in [0.25, 0.3) is 5.91 Å². The minimum absolute atomic E-state index is 0.0576. The molecule has 0 radical (unpaired) electrons. The highest BCUT2D eigenvalue weighted by Gasteiger charge is 2.49. The number of ketones is 2. The van der Waals surface area contributed by atoms with Crippen molar-refractivity contribution >= 4 is 46.4 Å². The summed E-state index contributed by atoms with van der Waals surface area (Å²) >= 11 is 13.6. The molecule has 2 aromatic carbocycles. The van der Waals surface area contributed by atoms with Crippen LogP contribution in [0.4, 0.5) is 5.69 Å². The van der Waals surface area contributed by atoms with E-state index in [2.05, 4.69) is 44.8 Å². The Kier molecular flexibility index (Phi) is 8.82. The second-order valence-corrected chi connectivity index (χ2v) is 15.0. The Morgan fingerprint density at radius 3 is 1.98 bits per heavy atom. The highest BCUT2D eigenvalue weighted by Crippen LogP contribution is 2.55. The van der Waals surface area contributed by atoms with Gasteiger partial charge in [-0.3, -0.25) is 14.4 Å². The second-order valence-electron chi connectivity index (χ2n) is 14.2. The molecule has 5 rings (SSSR count). The number of Topliss-reactive ketones (excluding diaryl/α,β-unsaturated/α-hetero) is 2. The van der Waals surface area contributed by atoms with Crippen LogP contribution in [0, 0.1) is 24.7 Å². The number of amides is 1. The first-order chi connectivity index (χ1) is 20.6. The number of anilines is 1. The summed E-state index contributed by atoms with van der Waals surface area (Å²) in [5.74, 6) is -0.595. The molecule has 0 saturated carbocycles. The molecule has 6 nitrogen and oxygen atoms in total. The molecule has 1 amide bonds. The van der Waals surface area contributed by atoms with Crippen molar-refractivity contribution in [3.8, 4) is 5.75 Å². The summed E-state index contributed by atoms with van der Waals surface area (Å²) in [4.78, 5) is 42.9. The molecule has 0 spiro atoms. The average molecular weight is 638 g/mol. The molecule has 3 aliphatic rings. The van der Waals surface area contributed by atoms with Crippen LogP contribution in [0.25, 0.3) is 0 Å². The summed E-state index contributed by atoms with van der Waals surface area (Å²) in [7, 11) is 0. The normalized spacial score (nSPS) is 19.6. The number of nitrogens with zero attached hydrogens (tertiary/aromatic N) is 1. The minimum atomic E-state index is -0.558. The molecule has 1 N–H and O–H groups in total. The highest BCUT2D eigenvalue weighted by molar-refractivity contribution is 6.37. The van der Waals surface area contributed by atoms with E-state index in [1.165, 1.54) is 0 Å². The van der Waals surface area contributed by atoms with Crippen LogP contribution in [0.5, 0.6) is 5.75 Å². The molecule has 0 atom stereocenters. The van der Waals surface area contributed by atoms with E-state index < -0.39 is 5.92 Å². The first-order valence-corrected chi connectivity index (χ1v) is 16.2. The third kappa shape index (κ3) is 6.34. The smallest absolute Gasteiger partial charge is 0.262 e. The van der Waals surface area contributed by atoms with Gasteiger partial charge in [0.15, 0.2) is 23.9 Å². The van der Waals surface area contributed by atoms with Gasteiger partial charge in [0.1, 0.15) is 0 Å². The van der Waals surface area contributed by atoms with Gasteiger partial charge >= 0.3 is 0 Å². The van der Waals surface area contributed by atoms with Gasteiger partial charge in [0, 0.05) is 53.5 Å². The quantitative estimate of drug-likeness (QED) is 0.329. The van der Waals surface area contributed by atoms with Crippen molar-refractivity contribution in [1.82, 2.24) is 4.90 Å². The first kappa shape index (κ1) is 32.3. The summed E-state index contributed by atoms with van der Waals surface area (Å²) in [5.41, 5.74) is 6.38. The predicted octanol–water partition coefficient (Wildman–Crippen LogP) is 8.72. The molecule has 1 aliphatic heterocycles. The SMILES string of the molecule is CCCN1C2=C(C(=O)CC(C)(C)C2)C(c2cc(Cl)c(OCC(=O)Nc3cc(C)ccc3C)c(Cl)c2)C2=C1CC(C)(C)CC2=O. The van der Waals surface area contributed by atoms with E-state index >= 15 is 0 Å². The molecule has 2 aliphatic carbocycles. The van der Waals surface area contributed by atoms with Gasteiger partial charge in [-0.15, -0.1) is 0 Å². The van der Waals surface area contributed by atoms with Gasteiger partial charge in [-0.05, 0) is 78.8 Å². The number of allylic oxidation sites excluding steroid dienone is 4. The van der Waals surface area contributed by atoms with Gasteiger partial charge in [0.2, 0.25) is 0 Å². The fourth-order valence-corrected chi connectivity index (χ4v) is 7.57. The lowest BCUT2D eigenvalue weighted by molar-refractivity contribution is -0.120. The summed E-state index contributed by atoms with van der Waals surface area (Å²) in [6, 6.07) is 9.31. The zero-order chi connectivity index (χ0) is 32.1. The number of benzene rings is 2. The van der Waals surface area contributed by atoms with E-state index in [0.29, 0.717) is 29.6 Å². The number of ether oxygens (including phenoxy) is 1. The highest BCUT2D eigenvalue weighted by atomic mass is 35.5. The number of hydrogen-bond acceptors (Lipinski definition) is 5. The third-order valence-electron chi connectivity index (χ3n) is 8.84. The Morgan fingerprint density at radius 1 is 0.909 bits per heavy atom. The lowest BCUT2D eigenvalue weighted by atomic mass is 9.63.